The first-order valence-corrected chi connectivity index (χ1v) is 7.77. The van der Waals surface area contributed by atoms with E-state index in [1.165, 1.54) is 0 Å². The maximum atomic E-state index is 9.15. The molecule has 0 bridgehead atoms. The van der Waals surface area contributed by atoms with E-state index in [0.717, 1.165) is 35.4 Å². The van der Waals surface area contributed by atoms with Gasteiger partial charge in [0.2, 0.25) is 5.88 Å². The topological polar surface area (TPSA) is 72.4 Å². The van der Waals surface area contributed by atoms with Crippen LogP contribution >= 0.6 is 0 Å². The first-order valence-electron chi connectivity index (χ1n) is 7.77. The zero-order chi connectivity index (χ0) is 16.7. The van der Waals surface area contributed by atoms with Crippen molar-refractivity contribution in [3.8, 4) is 28.8 Å². The minimum atomic E-state index is 0.456. The first-order chi connectivity index (χ1) is 11.7. The normalized spacial score (nSPS) is 13.7. The Bertz CT molecular complexity index is 967. The molecule has 1 aromatic carbocycles. The lowest BCUT2D eigenvalue weighted by Gasteiger charge is -2.09. The van der Waals surface area contributed by atoms with E-state index in [1.54, 1.807) is 24.8 Å². The average molecular weight is 320 g/mol. The third-order valence-corrected chi connectivity index (χ3v) is 4.25. The molecular formula is C18H16N4O2. The van der Waals surface area contributed by atoms with Crippen LogP contribution in [0, 0.1) is 11.3 Å². The third-order valence-electron chi connectivity index (χ3n) is 4.25. The zero-order valence-electron chi connectivity index (χ0n) is 13.5. The van der Waals surface area contributed by atoms with Crippen molar-refractivity contribution >= 4 is 5.65 Å². The van der Waals surface area contributed by atoms with Gasteiger partial charge in [-0.05, 0) is 36.6 Å². The number of fused-ring (bicyclic) bond motifs is 1. The molecule has 0 saturated heterocycles. The van der Waals surface area contributed by atoms with Gasteiger partial charge in [-0.15, -0.1) is 5.10 Å². The van der Waals surface area contributed by atoms with Crippen LogP contribution in [0.15, 0.2) is 30.3 Å². The zero-order valence-corrected chi connectivity index (χ0v) is 13.5. The van der Waals surface area contributed by atoms with E-state index < -0.39 is 0 Å². The molecule has 0 N–H and O–H groups in total. The Morgan fingerprint density at radius 2 is 2.00 bits per heavy atom. The van der Waals surface area contributed by atoms with Crippen molar-refractivity contribution in [1.82, 2.24) is 14.6 Å². The largest absolute Gasteiger partial charge is 0.495 e. The highest BCUT2D eigenvalue weighted by Gasteiger charge is 2.29. The van der Waals surface area contributed by atoms with Gasteiger partial charge in [-0.1, -0.05) is 6.07 Å². The predicted molar refractivity (Wildman–Crippen MR) is 88.2 cm³/mol. The monoisotopic (exact) mass is 320 g/mol. The van der Waals surface area contributed by atoms with E-state index in [1.807, 2.05) is 24.3 Å². The smallest absolute Gasteiger partial charge is 0.216 e. The van der Waals surface area contributed by atoms with Crippen molar-refractivity contribution in [3.05, 3.63) is 41.7 Å². The molecule has 1 aliphatic rings. The second-order valence-electron chi connectivity index (χ2n) is 5.80. The van der Waals surface area contributed by atoms with Crippen LogP contribution in [0.4, 0.5) is 0 Å². The number of hydrogen-bond donors (Lipinski definition) is 0. The second kappa shape index (κ2) is 5.53. The van der Waals surface area contributed by atoms with Crippen molar-refractivity contribution in [2.24, 2.45) is 0 Å². The number of ether oxygens (including phenoxy) is 2. The van der Waals surface area contributed by atoms with Crippen molar-refractivity contribution in [2.45, 2.75) is 18.8 Å². The minimum absolute atomic E-state index is 0.456. The fourth-order valence-electron chi connectivity index (χ4n) is 2.80. The number of benzene rings is 1. The molecule has 0 atom stereocenters. The highest BCUT2D eigenvalue weighted by Crippen LogP contribution is 2.39. The van der Waals surface area contributed by atoms with Crippen molar-refractivity contribution < 1.29 is 9.47 Å². The molecule has 1 saturated carbocycles. The Morgan fingerprint density at radius 1 is 1.17 bits per heavy atom. The van der Waals surface area contributed by atoms with Crippen LogP contribution in [0.25, 0.3) is 16.8 Å². The van der Waals surface area contributed by atoms with E-state index in [-0.39, 0.29) is 0 Å². The highest BCUT2D eigenvalue weighted by molar-refractivity contribution is 5.79. The van der Waals surface area contributed by atoms with Gasteiger partial charge in [0.05, 0.1) is 19.8 Å². The van der Waals surface area contributed by atoms with Crippen molar-refractivity contribution in [2.75, 3.05) is 14.2 Å². The highest BCUT2D eigenvalue weighted by atomic mass is 16.5. The van der Waals surface area contributed by atoms with Gasteiger partial charge in [-0.3, -0.25) is 0 Å². The fraction of sp³-hybridized carbons (Fsp3) is 0.278. The van der Waals surface area contributed by atoms with Gasteiger partial charge in [-0.2, -0.15) is 9.78 Å². The van der Waals surface area contributed by atoms with Crippen LogP contribution < -0.4 is 9.47 Å². The SMILES string of the molecule is COc1cc(-c2ccc(OC)n3nc(C4CC4)nc23)ccc1C#N. The molecule has 0 radical (unpaired) electrons. The molecule has 0 unspecified atom stereocenters. The van der Waals surface area contributed by atoms with Crippen LogP contribution in [0.3, 0.4) is 0 Å². The van der Waals surface area contributed by atoms with Crippen LogP contribution in [-0.2, 0) is 0 Å². The molecule has 0 spiro atoms. The molecule has 2 aromatic heterocycles. The van der Waals surface area contributed by atoms with E-state index in [9.17, 15) is 0 Å². The summed E-state index contributed by atoms with van der Waals surface area (Å²) in [5.74, 6) is 2.51. The van der Waals surface area contributed by atoms with E-state index in [0.29, 0.717) is 23.1 Å². The summed E-state index contributed by atoms with van der Waals surface area (Å²) in [5.41, 5.74) is 3.11. The number of rotatable bonds is 4. The Morgan fingerprint density at radius 3 is 2.67 bits per heavy atom. The number of nitrogens with zero attached hydrogens (tertiary/aromatic N) is 4. The van der Waals surface area contributed by atoms with Gasteiger partial charge < -0.3 is 9.47 Å². The molecule has 6 heteroatoms. The van der Waals surface area contributed by atoms with Crippen LogP contribution in [0.1, 0.15) is 30.1 Å². The lowest BCUT2D eigenvalue weighted by atomic mass is 10.0. The Hall–Kier alpha value is -3.07. The summed E-state index contributed by atoms with van der Waals surface area (Å²) in [7, 11) is 3.18. The average Bonchev–Trinajstić information content (AvgIpc) is 3.38. The van der Waals surface area contributed by atoms with Gasteiger partial charge in [0.15, 0.2) is 11.5 Å². The van der Waals surface area contributed by atoms with Gasteiger partial charge in [0.25, 0.3) is 0 Å². The van der Waals surface area contributed by atoms with Gasteiger partial charge in [-0.25, -0.2) is 4.98 Å². The molecule has 0 amide bonds. The predicted octanol–water partition coefficient (Wildman–Crippen LogP) is 3.16. The van der Waals surface area contributed by atoms with E-state index >= 15 is 0 Å². The summed E-state index contributed by atoms with van der Waals surface area (Å²) >= 11 is 0. The van der Waals surface area contributed by atoms with Crippen LogP contribution in [-0.4, -0.2) is 28.8 Å². The molecule has 0 aliphatic heterocycles. The maximum Gasteiger partial charge on any atom is 0.216 e. The number of methoxy groups -OCH3 is 2. The van der Waals surface area contributed by atoms with Crippen molar-refractivity contribution in [3.63, 3.8) is 0 Å². The third kappa shape index (κ3) is 2.26. The number of hydrogen-bond acceptors (Lipinski definition) is 5. The summed E-state index contributed by atoms with van der Waals surface area (Å²) in [5, 5.41) is 13.8. The molecule has 1 aliphatic carbocycles. The molecule has 6 nitrogen and oxygen atoms in total. The Labute approximate surface area is 139 Å². The molecule has 2 heterocycles. The summed E-state index contributed by atoms with van der Waals surface area (Å²) in [4.78, 5) is 4.72. The summed E-state index contributed by atoms with van der Waals surface area (Å²) < 4.78 is 12.5. The van der Waals surface area contributed by atoms with Gasteiger partial charge >= 0.3 is 0 Å². The molecular weight excluding hydrogens is 304 g/mol. The minimum Gasteiger partial charge on any atom is -0.495 e. The van der Waals surface area contributed by atoms with Crippen LogP contribution in [0.5, 0.6) is 11.6 Å². The standard InChI is InChI=1S/C18H16N4O2/c1-23-15-9-12(5-6-13(15)10-19)14-7-8-16(24-2)22-18(14)20-17(21-22)11-3-4-11/h5-9,11H,3-4H2,1-2H3. The number of aromatic nitrogens is 3. The molecule has 4 rings (SSSR count). The summed E-state index contributed by atoms with van der Waals surface area (Å²) in [6.45, 7) is 0. The van der Waals surface area contributed by atoms with Gasteiger partial charge in [0, 0.05) is 17.5 Å². The molecule has 24 heavy (non-hydrogen) atoms. The number of nitriles is 1. The number of pyridine rings is 1. The lowest BCUT2D eigenvalue weighted by molar-refractivity contribution is 0.385. The van der Waals surface area contributed by atoms with E-state index in [4.69, 9.17) is 19.7 Å². The quantitative estimate of drug-likeness (QED) is 0.738. The summed E-state index contributed by atoms with van der Waals surface area (Å²) in [6.07, 6.45) is 2.28. The van der Waals surface area contributed by atoms with Gasteiger partial charge in [0.1, 0.15) is 11.8 Å². The van der Waals surface area contributed by atoms with E-state index in [2.05, 4.69) is 11.2 Å². The first kappa shape index (κ1) is 14.5. The molecule has 3 aromatic rings. The second-order valence-corrected chi connectivity index (χ2v) is 5.80. The van der Waals surface area contributed by atoms with Crippen LogP contribution in [0.2, 0.25) is 0 Å². The van der Waals surface area contributed by atoms with Crippen molar-refractivity contribution in [1.29, 1.82) is 5.26 Å². The lowest BCUT2D eigenvalue weighted by Crippen LogP contribution is -1.98. The summed E-state index contributed by atoms with van der Waals surface area (Å²) in [6, 6.07) is 11.5. The molecule has 1 fully saturated rings. The maximum absolute atomic E-state index is 9.15. The fourth-order valence-corrected chi connectivity index (χ4v) is 2.80. The molecule has 120 valence electrons. The Balaban J connectivity index is 1.92. The Kier molecular flexibility index (Phi) is 3.35.